The molecular formula is C4H6O2. The van der Waals surface area contributed by atoms with Crippen LogP contribution in [0.25, 0.3) is 0 Å². The fourth-order valence-corrected chi connectivity index (χ4v) is 0. The Morgan fingerprint density at radius 1 is 1.00 bits per heavy atom. The van der Waals surface area contributed by atoms with Gasteiger partial charge in [-0.15, -0.1) is 0 Å². The Morgan fingerprint density at radius 2 is 1.17 bits per heavy atom. The quantitative estimate of drug-likeness (QED) is 0.339. The number of Topliss-reactive ketones (excluding diaryl/α,β-unsaturated/α-hetero) is 2. The molecule has 0 rings (SSSR count). The molecule has 0 heterocycles. The summed E-state index contributed by atoms with van der Waals surface area (Å²) < 4.78 is 0. The van der Waals surface area contributed by atoms with E-state index >= 15 is 0 Å². The molecule has 34 valence electrons. The second-order valence-electron chi connectivity index (χ2n) is 1.11. The van der Waals surface area contributed by atoms with Gasteiger partial charge in [-0.25, -0.2) is 0 Å². The van der Waals surface area contributed by atoms with Crippen LogP contribution >= 0.6 is 0 Å². The van der Waals surface area contributed by atoms with E-state index in [4.69, 9.17) is 0 Å². The molecule has 0 spiro atoms. The minimum absolute atomic E-state index is 0.380. The summed E-state index contributed by atoms with van der Waals surface area (Å²) >= 11 is 0. The maximum Gasteiger partial charge on any atom is 0.195 e. The molecule has 0 atom stereocenters. The number of hydrogen-bond donors (Lipinski definition) is 0. The molecule has 0 aromatic rings. The lowest BCUT2D eigenvalue weighted by molar-refractivity contribution is -0.134. The smallest absolute Gasteiger partial charge is 0.195 e. The molecule has 0 bridgehead atoms. The molecule has 0 N–H and O–H groups in total. The Hall–Kier alpha value is -0.660. The summed E-state index contributed by atoms with van der Waals surface area (Å²) in [4.78, 5) is 19.6. The van der Waals surface area contributed by atoms with Gasteiger partial charge < -0.3 is 0 Å². The maximum atomic E-state index is 9.79. The van der Waals surface area contributed by atoms with Crippen LogP contribution in [0.3, 0.4) is 0 Å². The minimum atomic E-state index is -0.380. The summed E-state index contributed by atoms with van der Waals surface area (Å²) in [5.41, 5.74) is 0. The van der Waals surface area contributed by atoms with E-state index < -0.39 is 0 Å². The van der Waals surface area contributed by atoms with Gasteiger partial charge in [-0.1, -0.05) is 0 Å². The Kier molecular flexibility index (Phi) is 1.51. The first-order valence-electron chi connectivity index (χ1n) is 1.66. The van der Waals surface area contributed by atoms with Crippen molar-refractivity contribution in [3.8, 4) is 0 Å². The monoisotopic (exact) mass is 89.0 g/mol. The maximum absolute atomic E-state index is 9.79. The summed E-state index contributed by atoms with van der Waals surface area (Å²) in [6.45, 7) is 2.50. The lowest BCUT2D eigenvalue weighted by Gasteiger charge is -1.73. The first-order chi connectivity index (χ1) is 2.64. The van der Waals surface area contributed by atoms with E-state index in [2.05, 4.69) is 0 Å². The van der Waals surface area contributed by atoms with E-state index in [9.17, 15) is 9.59 Å². The SMILES string of the molecule is C[13C](=O)[13C]([13CH3])=O. The van der Waals surface area contributed by atoms with Crippen molar-refractivity contribution in [1.82, 2.24) is 0 Å². The van der Waals surface area contributed by atoms with Gasteiger partial charge in [-0.05, 0) is 0 Å². The standard InChI is InChI=1S/C4H6O2/c1-3(5)4(2)6/h1-2H3/i1+1,3+1,4+1. The average molecular weight is 89.1 g/mol. The van der Waals surface area contributed by atoms with Gasteiger partial charge in [0.25, 0.3) is 0 Å². The lowest BCUT2D eigenvalue weighted by atomic mass is 11.1. The third-order valence-corrected chi connectivity index (χ3v) is 0.496. The number of carbonyl (C=O) groups excluding carboxylic acids is 2. The van der Waals surface area contributed by atoms with Gasteiger partial charge >= 0.3 is 0 Å². The second-order valence-corrected chi connectivity index (χ2v) is 1.11. The summed E-state index contributed by atoms with van der Waals surface area (Å²) in [5.74, 6) is -0.759. The van der Waals surface area contributed by atoms with Crippen LogP contribution in [0, 0.1) is 0 Å². The molecule has 0 saturated heterocycles. The highest BCUT2D eigenvalue weighted by molar-refractivity contribution is 6.35. The second kappa shape index (κ2) is 1.70. The van der Waals surface area contributed by atoms with Gasteiger partial charge in [0.05, 0.1) is 0 Å². The van der Waals surface area contributed by atoms with Gasteiger partial charge in [0.1, 0.15) is 0 Å². The van der Waals surface area contributed by atoms with Gasteiger partial charge in [0.2, 0.25) is 0 Å². The molecule has 6 heavy (non-hydrogen) atoms. The average Bonchev–Trinajstić information content (AvgIpc) is 1.36. The van der Waals surface area contributed by atoms with Crippen molar-refractivity contribution in [3.63, 3.8) is 0 Å². The Bertz CT molecular complexity index is 71.5. The normalized spacial score (nSPS) is 7.67. The highest BCUT2D eigenvalue weighted by Gasteiger charge is 1.94. The fraction of sp³-hybridized carbons (Fsp3) is 0.500. The topological polar surface area (TPSA) is 34.1 Å². The van der Waals surface area contributed by atoms with Crippen LogP contribution in [0.2, 0.25) is 0 Å². The number of ketones is 2. The molecule has 0 saturated carbocycles. The van der Waals surface area contributed by atoms with Crippen molar-refractivity contribution in [2.75, 3.05) is 0 Å². The molecule has 0 aliphatic rings. The highest BCUT2D eigenvalue weighted by Crippen LogP contribution is 1.66. The van der Waals surface area contributed by atoms with Crippen molar-refractivity contribution >= 4 is 11.6 Å². The molecule has 0 aliphatic heterocycles. The van der Waals surface area contributed by atoms with E-state index in [1.165, 1.54) is 13.8 Å². The molecule has 0 amide bonds. The summed E-state index contributed by atoms with van der Waals surface area (Å²) in [6, 6.07) is 0. The van der Waals surface area contributed by atoms with E-state index in [0.717, 1.165) is 0 Å². The molecule has 0 radical (unpaired) electrons. The summed E-state index contributed by atoms with van der Waals surface area (Å²) in [7, 11) is 0. The number of carbonyl (C=O) groups is 2. The van der Waals surface area contributed by atoms with Crippen molar-refractivity contribution < 1.29 is 9.59 Å². The first-order valence-corrected chi connectivity index (χ1v) is 1.66. The van der Waals surface area contributed by atoms with Crippen LogP contribution in [0.4, 0.5) is 0 Å². The number of rotatable bonds is 1. The third kappa shape index (κ3) is 1.64. The van der Waals surface area contributed by atoms with E-state index in [-0.39, 0.29) is 11.6 Å². The Labute approximate surface area is 36.2 Å². The Balaban J connectivity index is 3.57. The molecule has 2 nitrogen and oxygen atoms in total. The van der Waals surface area contributed by atoms with E-state index in [1.807, 2.05) is 0 Å². The van der Waals surface area contributed by atoms with Crippen molar-refractivity contribution in [3.05, 3.63) is 0 Å². The van der Waals surface area contributed by atoms with Crippen LogP contribution in [0.5, 0.6) is 0 Å². The summed E-state index contributed by atoms with van der Waals surface area (Å²) in [5, 5.41) is 0. The van der Waals surface area contributed by atoms with Crippen LogP contribution in [-0.4, -0.2) is 11.6 Å². The molecular weight excluding hydrogens is 83.0 g/mol. The van der Waals surface area contributed by atoms with Crippen LogP contribution in [-0.2, 0) is 9.59 Å². The molecule has 0 aromatic carbocycles. The molecule has 0 aromatic heterocycles. The Morgan fingerprint density at radius 3 is 1.17 bits per heavy atom. The largest absolute Gasteiger partial charge is 0.291 e. The zero-order valence-corrected chi connectivity index (χ0v) is 3.82. The van der Waals surface area contributed by atoms with E-state index in [1.54, 1.807) is 0 Å². The molecule has 0 aliphatic carbocycles. The van der Waals surface area contributed by atoms with Crippen molar-refractivity contribution in [1.29, 1.82) is 0 Å². The van der Waals surface area contributed by atoms with Crippen molar-refractivity contribution in [2.45, 2.75) is 13.8 Å². The molecule has 0 unspecified atom stereocenters. The third-order valence-electron chi connectivity index (χ3n) is 0.496. The van der Waals surface area contributed by atoms with E-state index in [0.29, 0.717) is 0 Å². The molecule has 0 fully saturated rings. The first kappa shape index (κ1) is 5.34. The fourth-order valence-electron chi connectivity index (χ4n) is 0. The van der Waals surface area contributed by atoms with Gasteiger partial charge in [-0.2, -0.15) is 0 Å². The van der Waals surface area contributed by atoms with Crippen molar-refractivity contribution in [2.24, 2.45) is 0 Å². The minimum Gasteiger partial charge on any atom is -0.291 e. The zero-order chi connectivity index (χ0) is 5.15. The summed E-state index contributed by atoms with van der Waals surface area (Å²) in [6.07, 6.45) is 0. The lowest BCUT2D eigenvalue weighted by Crippen LogP contribution is -2.01. The molecule has 2 heteroatoms. The van der Waals surface area contributed by atoms with Crippen LogP contribution < -0.4 is 0 Å². The van der Waals surface area contributed by atoms with Gasteiger partial charge in [0.15, 0.2) is 11.6 Å². The zero-order valence-electron chi connectivity index (χ0n) is 3.82. The highest BCUT2D eigenvalue weighted by atomic mass is 16.3. The van der Waals surface area contributed by atoms with Gasteiger partial charge in [-0.3, -0.25) is 9.59 Å². The van der Waals surface area contributed by atoms with Crippen LogP contribution in [0.1, 0.15) is 13.8 Å². The predicted octanol–water partition coefficient (Wildman–Crippen LogP) is 0.164. The predicted molar refractivity (Wildman–Crippen MR) is 21.4 cm³/mol. The number of hydrogen-bond acceptors (Lipinski definition) is 2. The van der Waals surface area contributed by atoms with Gasteiger partial charge in [0, 0.05) is 13.8 Å². The van der Waals surface area contributed by atoms with Crippen LogP contribution in [0.15, 0.2) is 0 Å².